The maximum atomic E-state index is 12.4. The number of rotatable bonds is 4. The van der Waals surface area contributed by atoms with Crippen LogP contribution in [0.4, 0.5) is 0 Å². The zero-order valence-electron chi connectivity index (χ0n) is 14.1. The summed E-state index contributed by atoms with van der Waals surface area (Å²) >= 11 is 0. The average Bonchev–Trinajstić information content (AvgIpc) is 2.62. The van der Waals surface area contributed by atoms with Crippen LogP contribution in [0.1, 0.15) is 49.8 Å². The number of aryl methyl sites for hydroxylation is 1. The van der Waals surface area contributed by atoms with Gasteiger partial charge in [0, 0.05) is 12.8 Å². The standard InChI is InChI=1S/C18H21N3O4/c1-11(25-18(24)15-9-10-16(22)21-20-15)17(23)19-14-8-4-6-12-5-2-3-7-13(12)14/h2-3,5,7,11,14H,4,6,8-10H2,1H3,(H,19,23)(H,21,22)/t11-,14-/m1/s1. The van der Waals surface area contributed by atoms with Gasteiger partial charge in [-0.05, 0) is 37.3 Å². The summed E-state index contributed by atoms with van der Waals surface area (Å²) in [5.41, 5.74) is 4.74. The quantitative estimate of drug-likeness (QED) is 0.807. The largest absolute Gasteiger partial charge is 0.448 e. The van der Waals surface area contributed by atoms with Crippen LogP contribution in [0.15, 0.2) is 29.4 Å². The molecule has 2 aliphatic rings. The molecule has 0 saturated heterocycles. The fourth-order valence-corrected chi connectivity index (χ4v) is 3.10. The first-order valence-corrected chi connectivity index (χ1v) is 8.49. The van der Waals surface area contributed by atoms with Crippen molar-refractivity contribution < 1.29 is 19.1 Å². The highest BCUT2D eigenvalue weighted by atomic mass is 16.5. The van der Waals surface area contributed by atoms with E-state index in [-0.39, 0.29) is 36.4 Å². The molecule has 1 aromatic rings. The number of benzene rings is 1. The monoisotopic (exact) mass is 343 g/mol. The van der Waals surface area contributed by atoms with Crippen LogP contribution in [0.3, 0.4) is 0 Å². The lowest BCUT2D eigenvalue weighted by atomic mass is 9.87. The molecule has 1 aromatic carbocycles. The maximum Gasteiger partial charge on any atom is 0.355 e. The van der Waals surface area contributed by atoms with Crippen molar-refractivity contribution in [2.75, 3.05) is 0 Å². The average molecular weight is 343 g/mol. The van der Waals surface area contributed by atoms with Gasteiger partial charge in [-0.3, -0.25) is 9.59 Å². The van der Waals surface area contributed by atoms with Crippen molar-refractivity contribution in [3.05, 3.63) is 35.4 Å². The highest BCUT2D eigenvalue weighted by Crippen LogP contribution is 2.29. The fourth-order valence-electron chi connectivity index (χ4n) is 3.10. The lowest BCUT2D eigenvalue weighted by molar-refractivity contribution is -0.149. The third-order valence-electron chi connectivity index (χ3n) is 4.48. The van der Waals surface area contributed by atoms with E-state index in [1.807, 2.05) is 18.2 Å². The second-order valence-corrected chi connectivity index (χ2v) is 6.29. The van der Waals surface area contributed by atoms with Crippen molar-refractivity contribution in [1.82, 2.24) is 10.7 Å². The maximum absolute atomic E-state index is 12.4. The van der Waals surface area contributed by atoms with E-state index < -0.39 is 12.1 Å². The molecule has 2 amide bonds. The third-order valence-corrected chi connectivity index (χ3v) is 4.48. The molecular formula is C18H21N3O4. The van der Waals surface area contributed by atoms with E-state index in [9.17, 15) is 14.4 Å². The van der Waals surface area contributed by atoms with E-state index in [1.165, 1.54) is 12.5 Å². The van der Waals surface area contributed by atoms with E-state index in [4.69, 9.17) is 4.74 Å². The zero-order valence-corrected chi connectivity index (χ0v) is 14.1. The molecule has 1 aliphatic heterocycles. The molecule has 0 radical (unpaired) electrons. The molecule has 7 nitrogen and oxygen atoms in total. The minimum Gasteiger partial charge on any atom is -0.448 e. The van der Waals surface area contributed by atoms with Gasteiger partial charge in [0.1, 0.15) is 5.71 Å². The number of nitrogens with zero attached hydrogens (tertiary/aromatic N) is 1. The number of nitrogens with one attached hydrogen (secondary N) is 2. The van der Waals surface area contributed by atoms with Crippen molar-refractivity contribution >= 4 is 23.5 Å². The molecule has 25 heavy (non-hydrogen) atoms. The normalized spacial score (nSPS) is 20.6. The van der Waals surface area contributed by atoms with Gasteiger partial charge < -0.3 is 10.1 Å². The number of carbonyl (C=O) groups excluding carboxylic acids is 3. The van der Waals surface area contributed by atoms with Gasteiger partial charge in [-0.2, -0.15) is 5.10 Å². The van der Waals surface area contributed by atoms with Crippen LogP contribution < -0.4 is 10.7 Å². The van der Waals surface area contributed by atoms with Crippen molar-refractivity contribution in [3.63, 3.8) is 0 Å². The highest BCUT2D eigenvalue weighted by molar-refractivity contribution is 6.37. The van der Waals surface area contributed by atoms with Gasteiger partial charge in [-0.15, -0.1) is 0 Å². The summed E-state index contributed by atoms with van der Waals surface area (Å²) in [5.74, 6) is -1.25. The molecule has 0 spiro atoms. The second-order valence-electron chi connectivity index (χ2n) is 6.29. The van der Waals surface area contributed by atoms with E-state index in [0.717, 1.165) is 24.8 Å². The van der Waals surface area contributed by atoms with Crippen LogP contribution in [0, 0.1) is 0 Å². The van der Waals surface area contributed by atoms with Gasteiger partial charge >= 0.3 is 5.97 Å². The number of amides is 2. The molecule has 0 unspecified atom stereocenters. The van der Waals surface area contributed by atoms with Crippen molar-refractivity contribution in [2.24, 2.45) is 5.10 Å². The van der Waals surface area contributed by atoms with Crippen LogP contribution in [-0.4, -0.2) is 29.6 Å². The zero-order chi connectivity index (χ0) is 17.8. The topological polar surface area (TPSA) is 96.9 Å². The highest BCUT2D eigenvalue weighted by Gasteiger charge is 2.27. The minimum atomic E-state index is -0.929. The first-order chi connectivity index (χ1) is 12.0. The van der Waals surface area contributed by atoms with Crippen molar-refractivity contribution in [3.8, 4) is 0 Å². The Morgan fingerprint density at radius 1 is 1.28 bits per heavy atom. The number of hydrogen-bond acceptors (Lipinski definition) is 5. The Morgan fingerprint density at radius 3 is 2.84 bits per heavy atom. The fraction of sp³-hybridized carbons (Fsp3) is 0.444. The molecule has 3 rings (SSSR count). The molecule has 2 N–H and O–H groups in total. The van der Waals surface area contributed by atoms with Gasteiger partial charge in [-0.1, -0.05) is 24.3 Å². The first kappa shape index (κ1) is 17.1. The van der Waals surface area contributed by atoms with Crippen LogP contribution in [0.5, 0.6) is 0 Å². The summed E-state index contributed by atoms with van der Waals surface area (Å²) in [6.07, 6.45) is 2.36. The second kappa shape index (κ2) is 7.46. The summed E-state index contributed by atoms with van der Waals surface area (Å²) in [4.78, 5) is 35.5. The molecule has 2 atom stereocenters. The molecule has 132 valence electrons. The van der Waals surface area contributed by atoms with Gasteiger partial charge in [0.05, 0.1) is 6.04 Å². The van der Waals surface area contributed by atoms with Gasteiger partial charge in [0.15, 0.2) is 6.10 Å². The Labute approximate surface area is 145 Å². The van der Waals surface area contributed by atoms with Crippen LogP contribution in [0.25, 0.3) is 0 Å². The molecule has 0 bridgehead atoms. The molecule has 0 aromatic heterocycles. The number of esters is 1. The lowest BCUT2D eigenvalue weighted by Crippen LogP contribution is -2.41. The first-order valence-electron chi connectivity index (χ1n) is 8.49. The van der Waals surface area contributed by atoms with Gasteiger partial charge in [0.25, 0.3) is 5.91 Å². The Bertz CT molecular complexity index is 729. The van der Waals surface area contributed by atoms with Gasteiger partial charge in [-0.25, -0.2) is 10.2 Å². The molecular weight excluding hydrogens is 322 g/mol. The Hall–Kier alpha value is -2.70. The van der Waals surface area contributed by atoms with Gasteiger partial charge in [0.2, 0.25) is 5.91 Å². The summed E-state index contributed by atoms with van der Waals surface area (Å²) < 4.78 is 5.18. The summed E-state index contributed by atoms with van der Waals surface area (Å²) in [5, 5.41) is 6.64. The Balaban J connectivity index is 1.58. The van der Waals surface area contributed by atoms with Crippen molar-refractivity contribution in [2.45, 2.75) is 51.2 Å². The van der Waals surface area contributed by atoms with Crippen molar-refractivity contribution in [1.29, 1.82) is 0 Å². The number of ether oxygens (including phenoxy) is 1. The van der Waals surface area contributed by atoms with Crippen LogP contribution >= 0.6 is 0 Å². The summed E-state index contributed by atoms with van der Waals surface area (Å²) in [7, 11) is 0. The molecule has 0 fully saturated rings. The minimum absolute atomic E-state index is 0.0649. The predicted octanol–water partition coefficient (Wildman–Crippen LogP) is 1.38. The number of hydrogen-bond donors (Lipinski definition) is 2. The molecule has 0 saturated carbocycles. The van der Waals surface area contributed by atoms with Crippen LogP contribution in [0.2, 0.25) is 0 Å². The van der Waals surface area contributed by atoms with E-state index >= 15 is 0 Å². The molecule has 7 heteroatoms. The number of fused-ring (bicyclic) bond motifs is 1. The number of hydrazone groups is 1. The predicted molar refractivity (Wildman–Crippen MR) is 90.6 cm³/mol. The third kappa shape index (κ3) is 4.04. The van der Waals surface area contributed by atoms with E-state index in [2.05, 4.69) is 21.9 Å². The SMILES string of the molecule is C[C@@H](OC(=O)C1=NNC(=O)CC1)C(=O)N[C@@H]1CCCc2ccccc21. The van der Waals surface area contributed by atoms with E-state index in [1.54, 1.807) is 0 Å². The lowest BCUT2D eigenvalue weighted by Gasteiger charge is -2.27. The smallest absolute Gasteiger partial charge is 0.355 e. The molecule has 1 aliphatic carbocycles. The summed E-state index contributed by atoms with van der Waals surface area (Å²) in [6.45, 7) is 1.53. The Morgan fingerprint density at radius 2 is 2.08 bits per heavy atom. The molecule has 1 heterocycles. The summed E-state index contributed by atoms with van der Waals surface area (Å²) in [6, 6.07) is 7.99. The van der Waals surface area contributed by atoms with E-state index in [0.29, 0.717) is 0 Å². The number of carbonyl (C=O) groups is 3. The van der Waals surface area contributed by atoms with Crippen LogP contribution in [-0.2, 0) is 25.5 Å². The Kier molecular flexibility index (Phi) is 5.11.